The van der Waals surface area contributed by atoms with E-state index in [0.29, 0.717) is 0 Å². The average molecular weight is 148 g/mol. The highest BCUT2D eigenvalue weighted by Crippen LogP contribution is 2.28. The monoisotopic (exact) mass is 148 g/mol. The Hall–Kier alpha value is -0.190. The minimum absolute atomic E-state index is 0.0619. The van der Waals surface area contributed by atoms with E-state index in [1.807, 2.05) is 0 Å². The molecule has 0 spiro atoms. The summed E-state index contributed by atoms with van der Waals surface area (Å²) in [5.74, 6) is 0. The zero-order valence-corrected chi connectivity index (χ0v) is 5.37. The van der Waals surface area contributed by atoms with Crippen molar-refractivity contribution in [3.63, 3.8) is 0 Å². The predicted octanol–water partition coefficient (Wildman–Crippen LogP) is -0.517. The number of aliphatic hydroxyl groups is 1. The molecule has 0 amide bonds. The van der Waals surface area contributed by atoms with E-state index in [1.54, 1.807) is 0 Å². The predicted molar refractivity (Wildman–Crippen MR) is 30.4 cm³/mol. The Bertz CT molecular complexity index is 125. The van der Waals surface area contributed by atoms with Gasteiger partial charge in [0.1, 0.15) is 18.3 Å². The van der Waals surface area contributed by atoms with Crippen molar-refractivity contribution in [3.8, 4) is 0 Å². The number of rotatable bonds is 0. The first-order chi connectivity index (χ1) is 4.79. The van der Waals surface area contributed by atoms with Crippen molar-refractivity contribution in [3.05, 3.63) is 0 Å². The van der Waals surface area contributed by atoms with Crippen LogP contribution in [0.3, 0.4) is 0 Å². The van der Waals surface area contributed by atoms with Crippen LogP contribution in [0.1, 0.15) is 0 Å². The molecule has 2 heterocycles. The van der Waals surface area contributed by atoms with Crippen LogP contribution in [0.25, 0.3) is 0 Å². The summed E-state index contributed by atoms with van der Waals surface area (Å²) in [6, 6.07) is 0. The summed E-state index contributed by atoms with van der Waals surface area (Å²) in [5.41, 5.74) is 0. The summed E-state index contributed by atoms with van der Waals surface area (Å²) < 4.78 is 22.6. The van der Waals surface area contributed by atoms with Gasteiger partial charge in [0.15, 0.2) is 6.17 Å². The zero-order chi connectivity index (χ0) is 7.14. The van der Waals surface area contributed by atoms with Gasteiger partial charge in [0.2, 0.25) is 0 Å². The van der Waals surface area contributed by atoms with Crippen LogP contribution >= 0.6 is 0 Å². The number of alkyl halides is 1. The lowest BCUT2D eigenvalue weighted by Crippen LogP contribution is -2.29. The van der Waals surface area contributed by atoms with Gasteiger partial charge in [-0.15, -0.1) is 0 Å². The van der Waals surface area contributed by atoms with Crippen molar-refractivity contribution in [2.45, 2.75) is 24.5 Å². The summed E-state index contributed by atoms with van der Waals surface area (Å²) >= 11 is 0. The van der Waals surface area contributed by atoms with Crippen LogP contribution in [0.4, 0.5) is 4.39 Å². The van der Waals surface area contributed by atoms with Crippen molar-refractivity contribution in [2.75, 3.05) is 13.2 Å². The molecule has 2 aliphatic heterocycles. The van der Waals surface area contributed by atoms with Gasteiger partial charge in [-0.05, 0) is 0 Å². The van der Waals surface area contributed by atoms with Crippen LogP contribution in [0.15, 0.2) is 0 Å². The first kappa shape index (κ1) is 6.52. The van der Waals surface area contributed by atoms with Crippen molar-refractivity contribution in [1.82, 2.24) is 0 Å². The van der Waals surface area contributed by atoms with E-state index in [9.17, 15) is 4.39 Å². The smallest absolute Gasteiger partial charge is 0.152 e. The maximum atomic E-state index is 12.7. The summed E-state index contributed by atoms with van der Waals surface area (Å²) in [5, 5.41) is 9.10. The molecule has 0 aliphatic carbocycles. The second kappa shape index (κ2) is 2.15. The Morgan fingerprint density at radius 3 is 2.60 bits per heavy atom. The first-order valence-corrected chi connectivity index (χ1v) is 3.34. The number of ether oxygens (including phenoxy) is 2. The van der Waals surface area contributed by atoms with E-state index >= 15 is 0 Å². The molecule has 58 valence electrons. The molecule has 0 aromatic rings. The zero-order valence-electron chi connectivity index (χ0n) is 5.37. The second-order valence-corrected chi connectivity index (χ2v) is 2.68. The highest BCUT2D eigenvalue weighted by molar-refractivity contribution is 4.94. The van der Waals surface area contributed by atoms with E-state index in [0.717, 1.165) is 0 Å². The van der Waals surface area contributed by atoms with E-state index in [4.69, 9.17) is 14.6 Å². The molecule has 2 saturated heterocycles. The molecule has 2 aliphatic rings. The second-order valence-electron chi connectivity index (χ2n) is 2.68. The first-order valence-electron chi connectivity index (χ1n) is 3.34. The van der Waals surface area contributed by atoms with Gasteiger partial charge in [0.25, 0.3) is 0 Å². The summed E-state index contributed by atoms with van der Waals surface area (Å²) in [4.78, 5) is 0. The largest absolute Gasteiger partial charge is 0.388 e. The van der Waals surface area contributed by atoms with Gasteiger partial charge in [-0.2, -0.15) is 0 Å². The highest BCUT2D eigenvalue weighted by atomic mass is 19.1. The number of halogens is 1. The van der Waals surface area contributed by atoms with Crippen molar-refractivity contribution >= 4 is 0 Å². The Kier molecular flexibility index (Phi) is 1.40. The highest BCUT2D eigenvalue weighted by Gasteiger charge is 2.47. The van der Waals surface area contributed by atoms with Crippen molar-refractivity contribution in [1.29, 1.82) is 0 Å². The molecule has 10 heavy (non-hydrogen) atoms. The number of hydrogen-bond acceptors (Lipinski definition) is 3. The van der Waals surface area contributed by atoms with Gasteiger partial charge in [-0.25, -0.2) is 4.39 Å². The van der Waals surface area contributed by atoms with Gasteiger partial charge >= 0.3 is 0 Å². The summed E-state index contributed by atoms with van der Waals surface area (Å²) in [6.07, 6.45) is -2.63. The van der Waals surface area contributed by atoms with Crippen LogP contribution in [0.2, 0.25) is 0 Å². The molecule has 3 nitrogen and oxygen atoms in total. The molecular weight excluding hydrogens is 139 g/mol. The minimum atomic E-state index is -1.05. The van der Waals surface area contributed by atoms with Crippen LogP contribution in [-0.2, 0) is 9.47 Å². The molecule has 4 heteroatoms. The van der Waals surface area contributed by atoms with Crippen LogP contribution < -0.4 is 0 Å². The van der Waals surface area contributed by atoms with Gasteiger partial charge < -0.3 is 14.6 Å². The molecule has 0 radical (unpaired) electrons. The molecule has 2 rings (SSSR count). The van der Waals surface area contributed by atoms with Gasteiger partial charge in [0, 0.05) is 0 Å². The molecule has 2 fully saturated rings. The van der Waals surface area contributed by atoms with Gasteiger partial charge in [-0.3, -0.25) is 0 Å². The van der Waals surface area contributed by atoms with Crippen molar-refractivity contribution in [2.24, 2.45) is 0 Å². The number of fused-ring (bicyclic) bond motifs is 1. The fourth-order valence-corrected chi connectivity index (χ4v) is 1.43. The normalized spacial score (nSPS) is 53.4. The third-order valence-corrected chi connectivity index (χ3v) is 1.97. The number of hydrogen-bond donors (Lipinski definition) is 1. The van der Waals surface area contributed by atoms with Crippen LogP contribution in [-0.4, -0.2) is 42.8 Å². The minimum Gasteiger partial charge on any atom is -0.388 e. The molecular formula is C6H9FO3. The lowest BCUT2D eigenvalue weighted by molar-refractivity contribution is 0.0154. The molecule has 1 N–H and O–H groups in total. The van der Waals surface area contributed by atoms with Gasteiger partial charge in [-0.1, -0.05) is 0 Å². The Morgan fingerprint density at radius 1 is 1.20 bits per heavy atom. The van der Waals surface area contributed by atoms with E-state index < -0.39 is 24.5 Å². The lowest BCUT2D eigenvalue weighted by atomic mass is 10.1. The maximum Gasteiger partial charge on any atom is 0.152 e. The quantitative estimate of drug-likeness (QED) is 0.502. The molecule has 4 atom stereocenters. The summed E-state index contributed by atoms with van der Waals surface area (Å²) in [7, 11) is 0. The Balaban J connectivity index is 2.09. The molecule has 0 unspecified atom stereocenters. The van der Waals surface area contributed by atoms with Crippen LogP contribution in [0.5, 0.6) is 0 Å². The average Bonchev–Trinajstić information content (AvgIpc) is 2.41. The number of aliphatic hydroxyl groups excluding tert-OH is 1. The van der Waals surface area contributed by atoms with Crippen LogP contribution in [0, 0.1) is 0 Å². The molecule has 0 aromatic heterocycles. The topological polar surface area (TPSA) is 38.7 Å². The molecule has 0 saturated carbocycles. The van der Waals surface area contributed by atoms with E-state index in [-0.39, 0.29) is 13.2 Å². The molecule has 0 aromatic carbocycles. The van der Waals surface area contributed by atoms with E-state index in [2.05, 4.69) is 0 Å². The molecule has 0 bridgehead atoms. The fourth-order valence-electron chi connectivity index (χ4n) is 1.43. The Labute approximate surface area is 57.7 Å². The third-order valence-electron chi connectivity index (χ3n) is 1.97. The van der Waals surface area contributed by atoms with Crippen molar-refractivity contribution < 1.29 is 19.0 Å². The lowest BCUT2D eigenvalue weighted by Gasteiger charge is -2.08. The SMILES string of the molecule is O[C@H]1CO[C@H]2[C@@H]1OC[C@H]2F. The third kappa shape index (κ3) is 0.761. The van der Waals surface area contributed by atoms with E-state index in [1.165, 1.54) is 0 Å². The fraction of sp³-hybridized carbons (Fsp3) is 1.00. The summed E-state index contributed by atoms with van der Waals surface area (Å²) in [6.45, 7) is 0.266. The van der Waals surface area contributed by atoms with Gasteiger partial charge in [0.05, 0.1) is 13.2 Å². The standard InChI is InChI=1S/C6H9FO3/c7-3-1-9-6-4(8)2-10-5(3)6/h3-6,8H,1-2H2/t3-,4+,5-,6-/m1/s1. The Morgan fingerprint density at radius 2 is 1.90 bits per heavy atom. The maximum absolute atomic E-state index is 12.7.